The van der Waals surface area contributed by atoms with E-state index in [2.05, 4.69) is 0 Å². The lowest BCUT2D eigenvalue weighted by molar-refractivity contribution is -0.135. The van der Waals surface area contributed by atoms with E-state index in [0.29, 0.717) is 79.6 Å². The Morgan fingerprint density at radius 2 is 1.79 bits per heavy atom. The van der Waals surface area contributed by atoms with Gasteiger partial charge in [-0.1, -0.05) is 18.2 Å². The van der Waals surface area contributed by atoms with E-state index in [1.807, 2.05) is 12.1 Å². The van der Waals surface area contributed by atoms with Crippen LogP contribution < -0.4 is 14.4 Å². The predicted molar refractivity (Wildman–Crippen MR) is 123 cm³/mol. The molecule has 34 heavy (non-hydrogen) atoms. The average Bonchev–Trinajstić information content (AvgIpc) is 3.18. The summed E-state index contributed by atoms with van der Waals surface area (Å²) >= 11 is 0. The average molecular weight is 466 g/mol. The van der Waals surface area contributed by atoms with E-state index in [4.69, 9.17) is 14.2 Å². The number of nitrogens with zero attached hydrogens (tertiary/aromatic N) is 3. The Balaban J connectivity index is 1.48. The van der Waals surface area contributed by atoms with E-state index < -0.39 is 6.17 Å². The van der Waals surface area contributed by atoms with Crippen LogP contribution in [0.25, 0.3) is 0 Å². The topological polar surface area (TPSA) is 88.6 Å². The highest BCUT2D eigenvalue weighted by atomic mass is 16.5. The van der Waals surface area contributed by atoms with Crippen molar-refractivity contribution >= 4 is 23.4 Å². The molecule has 9 nitrogen and oxygen atoms in total. The molecule has 3 amide bonds. The fourth-order valence-corrected chi connectivity index (χ4v) is 5.02. The van der Waals surface area contributed by atoms with Gasteiger partial charge in [0.25, 0.3) is 11.8 Å². The number of benzene rings is 2. The number of amides is 3. The van der Waals surface area contributed by atoms with Crippen LogP contribution in [0, 0.1) is 0 Å². The van der Waals surface area contributed by atoms with Crippen LogP contribution in [-0.4, -0.2) is 74.6 Å². The lowest BCUT2D eigenvalue weighted by Crippen LogP contribution is -2.48. The summed E-state index contributed by atoms with van der Waals surface area (Å²) in [7, 11) is 3.02. The van der Waals surface area contributed by atoms with Crippen molar-refractivity contribution in [1.29, 1.82) is 0 Å². The fraction of sp³-hybridized carbons (Fsp3) is 0.400. The number of hydrogen-bond donors (Lipinski definition) is 0. The lowest BCUT2D eigenvalue weighted by atomic mass is 10.0. The molecule has 0 radical (unpaired) electrons. The van der Waals surface area contributed by atoms with Gasteiger partial charge in [0.15, 0.2) is 11.5 Å². The Hall–Kier alpha value is -3.59. The van der Waals surface area contributed by atoms with Gasteiger partial charge in [-0.2, -0.15) is 0 Å². The molecule has 0 unspecified atom stereocenters. The second kappa shape index (κ2) is 8.98. The Labute approximate surface area is 197 Å². The van der Waals surface area contributed by atoms with Crippen LogP contribution in [-0.2, 0) is 9.53 Å². The zero-order chi connectivity index (χ0) is 23.8. The number of para-hydroxylation sites is 1. The standard InChI is InChI=1S/C25H27N3O6/c1-32-19-10-9-17-21(22(19)33-2)25(31)28-18-7-4-3-6-16(18)24(30)27(23(17)28)11-5-8-20(29)26-12-14-34-15-13-26/h3-4,6-7,9-10,23H,5,8,11-15H2,1-2H3/t23-/m1/s1. The maximum absolute atomic E-state index is 13.7. The van der Waals surface area contributed by atoms with Gasteiger partial charge in [-0.25, -0.2) is 0 Å². The molecule has 0 aromatic heterocycles. The molecule has 1 atom stereocenters. The van der Waals surface area contributed by atoms with Gasteiger partial charge >= 0.3 is 0 Å². The number of ether oxygens (including phenoxy) is 3. The lowest BCUT2D eigenvalue weighted by Gasteiger charge is -2.41. The number of carbonyl (C=O) groups excluding carboxylic acids is 3. The van der Waals surface area contributed by atoms with Crippen molar-refractivity contribution in [3.63, 3.8) is 0 Å². The van der Waals surface area contributed by atoms with Crippen molar-refractivity contribution in [3.8, 4) is 11.5 Å². The zero-order valence-corrected chi connectivity index (χ0v) is 19.3. The Kier molecular flexibility index (Phi) is 5.87. The second-order valence-corrected chi connectivity index (χ2v) is 8.43. The van der Waals surface area contributed by atoms with Crippen LogP contribution >= 0.6 is 0 Å². The first-order chi connectivity index (χ1) is 16.6. The van der Waals surface area contributed by atoms with Crippen LogP contribution in [0.4, 0.5) is 5.69 Å². The van der Waals surface area contributed by atoms with Gasteiger partial charge in [-0.3, -0.25) is 19.3 Å². The molecule has 0 bridgehead atoms. The van der Waals surface area contributed by atoms with Crippen molar-refractivity contribution in [2.75, 3.05) is 52.0 Å². The van der Waals surface area contributed by atoms with Crippen molar-refractivity contribution in [1.82, 2.24) is 9.80 Å². The van der Waals surface area contributed by atoms with Gasteiger partial charge in [-0.15, -0.1) is 0 Å². The molecule has 1 fully saturated rings. The highest BCUT2D eigenvalue weighted by Crippen LogP contribution is 2.49. The van der Waals surface area contributed by atoms with Crippen LogP contribution in [0.1, 0.15) is 45.3 Å². The first kappa shape index (κ1) is 22.2. The first-order valence-electron chi connectivity index (χ1n) is 11.4. The van der Waals surface area contributed by atoms with Gasteiger partial charge in [-0.05, 0) is 24.6 Å². The summed E-state index contributed by atoms with van der Waals surface area (Å²) in [5.41, 5.74) is 2.11. The summed E-state index contributed by atoms with van der Waals surface area (Å²) in [4.78, 5) is 45.0. The monoisotopic (exact) mass is 465 g/mol. The number of carbonyl (C=O) groups is 3. The van der Waals surface area contributed by atoms with Crippen LogP contribution in [0.5, 0.6) is 11.5 Å². The van der Waals surface area contributed by atoms with E-state index in [1.54, 1.807) is 39.0 Å². The maximum Gasteiger partial charge on any atom is 0.264 e. The molecule has 178 valence electrons. The minimum Gasteiger partial charge on any atom is -0.493 e. The van der Waals surface area contributed by atoms with Crippen LogP contribution in [0.3, 0.4) is 0 Å². The van der Waals surface area contributed by atoms with Crippen LogP contribution in [0.2, 0.25) is 0 Å². The molecule has 1 saturated heterocycles. The van der Waals surface area contributed by atoms with Crippen molar-refractivity contribution in [3.05, 3.63) is 53.1 Å². The van der Waals surface area contributed by atoms with Gasteiger partial charge in [0.05, 0.1) is 44.2 Å². The van der Waals surface area contributed by atoms with Crippen LogP contribution in [0.15, 0.2) is 36.4 Å². The fourth-order valence-electron chi connectivity index (χ4n) is 5.02. The number of methoxy groups -OCH3 is 2. The molecular formula is C25H27N3O6. The molecule has 0 N–H and O–H groups in total. The second-order valence-electron chi connectivity index (χ2n) is 8.43. The molecule has 2 aromatic carbocycles. The number of fused-ring (bicyclic) bond motifs is 5. The Bertz CT molecular complexity index is 1140. The summed E-state index contributed by atoms with van der Waals surface area (Å²) in [6.45, 7) is 2.62. The molecule has 3 heterocycles. The number of morpholine rings is 1. The molecule has 3 aliphatic rings. The highest BCUT2D eigenvalue weighted by molar-refractivity contribution is 6.18. The summed E-state index contributed by atoms with van der Waals surface area (Å²) in [5, 5.41) is 0. The maximum atomic E-state index is 13.7. The van der Waals surface area contributed by atoms with Gasteiger partial charge in [0, 0.05) is 31.6 Å². The molecule has 3 aliphatic heterocycles. The number of anilines is 1. The van der Waals surface area contributed by atoms with E-state index in [0.717, 1.165) is 0 Å². The van der Waals surface area contributed by atoms with Crippen molar-refractivity contribution in [2.45, 2.75) is 19.0 Å². The molecule has 0 spiro atoms. The predicted octanol–water partition coefficient (Wildman–Crippen LogP) is 2.46. The molecule has 5 rings (SSSR count). The van der Waals surface area contributed by atoms with E-state index >= 15 is 0 Å². The minimum absolute atomic E-state index is 0.0549. The SMILES string of the molecule is COc1ccc2c(c1OC)C(=O)N1c3ccccc3C(=O)N(CCCC(=O)N3CCOCC3)[C@@H]21. The van der Waals surface area contributed by atoms with Crippen molar-refractivity contribution in [2.24, 2.45) is 0 Å². The van der Waals surface area contributed by atoms with Crippen molar-refractivity contribution < 1.29 is 28.6 Å². The van der Waals surface area contributed by atoms with Gasteiger partial charge in [0.1, 0.15) is 6.17 Å². The largest absolute Gasteiger partial charge is 0.493 e. The summed E-state index contributed by atoms with van der Waals surface area (Å²) in [6, 6.07) is 10.7. The normalized spacial score (nSPS) is 19.0. The molecule has 0 saturated carbocycles. The molecule has 2 aromatic rings. The third kappa shape index (κ3) is 3.47. The van der Waals surface area contributed by atoms with Gasteiger partial charge in [0.2, 0.25) is 5.91 Å². The summed E-state index contributed by atoms with van der Waals surface area (Å²) in [6.07, 6.45) is 0.207. The van der Waals surface area contributed by atoms with E-state index in [9.17, 15) is 14.4 Å². The summed E-state index contributed by atoms with van der Waals surface area (Å²) < 4.78 is 16.3. The number of rotatable bonds is 6. The molecular weight excluding hydrogens is 438 g/mol. The summed E-state index contributed by atoms with van der Waals surface area (Å²) in [5.74, 6) is 0.457. The van der Waals surface area contributed by atoms with E-state index in [1.165, 1.54) is 14.2 Å². The molecule has 9 heteroatoms. The minimum atomic E-state index is -0.608. The zero-order valence-electron chi connectivity index (χ0n) is 19.3. The molecule has 0 aliphatic carbocycles. The third-order valence-corrected chi connectivity index (χ3v) is 6.64. The smallest absolute Gasteiger partial charge is 0.264 e. The Morgan fingerprint density at radius 1 is 1.03 bits per heavy atom. The van der Waals surface area contributed by atoms with E-state index in [-0.39, 0.29) is 17.7 Å². The first-order valence-corrected chi connectivity index (χ1v) is 11.4. The number of hydrogen-bond acceptors (Lipinski definition) is 6. The quantitative estimate of drug-likeness (QED) is 0.651. The highest BCUT2D eigenvalue weighted by Gasteiger charge is 2.49. The van der Waals surface area contributed by atoms with Gasteiger partial charge < -0.3 is 24.0 Å². The Morgan fingerprint density at radius 3 is 2.53 bits per heavy atom. The third-order valence-electron chi connectivity index (χ3n) is 6.64.